The van der Waals surface area contributed by atoms with Gasteiger partial charge in [-0.1, -0.05) is 18.2 Å². The number of primary amides is 1. The van der Waals surface area contributed by atoms with E-state index in [9.17, 15) is 9.59 Å². The van der Waals surface area contributed by atoms with Crippen LogP contribution >= 0.6 is 0 Å². The van der Waals surface area contributed by atoms with Gasteiger partial charge in [0.2, 0.25) is 11.4 Å². The van der Waals surface area contributed by atoms with Crippen LogP contribution in [0.25, 0.3) is 16.7 Å². The van der Waals surface area contributed by atoms with Gasteiger partial charge in [0.1, 0.15) is 5.56 Å². The molecule has 1 aliphatic heterocycles. The van der Waals surface area contributed by atoms with Gasteiger partial charge in [-0.3, -0.25) is 9.59 Å². The van der Waals surface area contributed by atoms with Gasteiger partial charge < -0.3 is 25.4 Å². The number of anilines is 1. The molecule has 4 rings (SSSR count). The lowest BCUT2D eigenvalue weighted by atomic mass is 10.2. The van der Waals surface area contributed by atoms with Crippen molar-refractivity contribution >= 4 is 22.9 Å². The predicted molar refractivity (Wildman–Crippen MR) is 121 cm³/mol. The second kappa shape index (κ2) is 9.23. The number of amides is 1. The second-order valence-corrected chi connectivity index (χ2v) is 7.80. The molecule has 2 aromatic heterocycles. The molecule has 3 heterocycles. The average Bonchev–Trinajstić information content (AvgIpc) is 2.78. The van der Waals surface area contributed by atoms with Crippen molar-refractivity contribution in [2.45, 2.75) is 6.42 Å². The molecule has 1 aliphatic rings. The summed E-state index contributed by atoms with van der Waals surface area (Å²) in [7, 11) is 2.15. The number of likely N-dealkylation sites (N-methyl/N-ethyl adjacent to an activating group) is 1. The molecule has 31 heavy (non-hydrogen) atoms. The van der Waals surface area contributed by atoms with Crippen LogP contribution in [0, 0.1) is 0 Å². The number of nitrogens with one attached hydrogen (secondary N) is 1. The van der Waals surface area contributed by atoms with Gasteiger partial charge in [0.25, 0.3) is 5.91 Å². The highest BCUT2D eigenvalue weighted by Gasteiger charge is 2.16. The van der Waals surface area contributed by atoms with Crippen molar-refractivity contribution in [3.63, 3.8) is 0 Å². The normalized spacial score (nSPS) is 15.3. The number of nitrogens with two attached hydrogens (primary N) is 1. The summed E-state index contributed by atoms with van der Waals surface area (Å²) in [5.74, 6) is -0.329. The minimum Gasteiger partial charge on any atom is -0.365 e. The number of carbonyl (C=O) groups excluding carboxylic acids is 1. The van der Waals surface area contributed by atoms with Crippen LogP contribution < -0.4 is 16.5 Å². The first-order valence-electron chi connectivity index (χ1n) is 10.5. The molecule has 0 aliphatic carbocycles. The number of benzene rings is 1. The molecular weight excluding hydrogens is 394 g/mol. The monoisotopic (exact) mass is 421 g/mol. The van der Waals surface area contributed by atoms with Crippen molar-refractivity contribution in [2.24, 2.45) is 5.73 Å². The molecule has 9 nitrogen and oxygen atoms in total. The predicted octanol–water partition coefficient (Wildman–Crippen LogP) is 0.929. The van der Waals surface area contributed by atoms with Crippen LogP contribution in [-0.2, 0) is 0 Å². The van der Waals surface area contributed by atoms with E-state index in [0.29, 0.717) is 11.6 Å². The lowest BCUT2D eigenvalue weighted by Gasteiger charge is -2.32. The summed E-state index contributed by atoms with van der Waals surface area (Å²) < 4.78 is 1.70. The Labute approximate surface area is 180 Å². The summed E-state index contributed by atoms with van der Waals surface area (Å²) in [5, 5.41) is 3.51. The maximum atomic E-state index is 12.7. The minimum absolute atomic E-state index is 0.0900. The number of fused-ring (bicyclic) bond motifs is 1. The first-order chi connectivity index (χ1) is 15.0. The fraction of sp³-hybridized carbons (Fsp3) is 0.364. The summed E-state index contributed by atoms with van der Waals surface area (Å²) in [6, 6.07) is 9.40. The Balaban J connectivity index is 1.55. The maximum absolute atomic E-state index is 12.7. The summed E-state index contributed by atoms with van der Waals surface area (Å²) >= 11 is 0. The summed E-state index contributed by atoms with van der Waals surface area (Å²) in [6.07, 6.45) is 3.88. The second-order valence-electron chi connectivity index (χ2n) is 7.80. The molecule has 0 spiro atoms. The van der Waals surface area contributed by atoms with Gasteiger partial charge in [0, 0.05) is 50.8 Å². The van der Waals surface area contributed by atoms with Gasteiger partial charge in [0.05, 0.1) is 5.39 Å². The quantitative estimate of drug-likeness (QED) is 0.546. The number of rotatable bonds is 7. The third-order valence-electron chi connectivity index (χ3n) is 5.57. The SMILES string of the molecule is CN1CCN(CCCNc2ncc3c(=O)c(C(N)=O)cn(-c4ccccc4)c3n2)CC1. The molecule has 0 atom stereocenters. The Morgan fingerprint density at radius 3 is 2.61 bits per heavy atom. The molecule has 1 aromatic carbocycles. The number of piperazine rings is 1. The van der Waals surface area contributed by atoms with Crippen molar-refractivity contribution in [3.05, 3.63) is 58.5 Å². The van der Waals surface area contributed by atoms with E-state index in [-0.39, 0.29) is 10.9 Å². The molecule has 0 bridgehead atoms. The fourth-order valence-corrected chi connectivity index (χ4v) is 3.73. The van der Waals surface area contributed by atoms with Crippen LogP contribution in [-0.4, -0.2) is 76.6 Å². The lowest BCUT2D eigenvalue weighted by Crippen LogP contribution is -2.44. The van der Waals surface area contributed by atoms with E-state index in [1.165, 1.54) is 12.4 Å². The first kappa shape index (κ1) is 21.0. The number of aromatic nitrogens is 3. The largest absolute Gasteiger partial charge is 0.365 e. The third kappa shape index (κ3) is 4.73. The number of pyridine rings is 1. The summed E-state index contributed by atoms with van der Waals surface area (Å²) in [4.78, 5) is 38.2. The highest BCUT2D eigenvalue weighted by molar-refractivity contribution is 5.96. The van der Waals surface area contributed by atoms with Gasteiger partial charge in [-0.05, 0) is 32.1 Å². The van der Waals surface area contributed by atoms with E-state index in [4.69, 9.17) is 5.73 Å². The number of nitrogens with zero attached hydrogens (tertiary/aromatic N) is 5. The van der Waals surface area contributed by atoms with Gasteiger partial charge in [-0.25, -0.2) is 4.98 Å². The van der Waals surface area contributed by atoms with E-state index >= 15 is 0 Å². The Kier molecular flexibility index (Phi) is 6.24. The van der Waals surface area contributed by atoms with Crippen LogP contribution in [0.1, 0.15) is 16.8 Å². The maximum Gasteiger partial charge on any atom is 0.254 e. The molecule has 1 saturated heterocycles. The summed E-state index contributed by atoms with van der Waals surface area (Å²) in [5.41, 5.74) is 6.07. The van der Waals surface area contributed by atoms with E-state index in [1.54, 1.807) is 4.57 Å². The lowest BCUT2D eigenvalue weighted by molar-refractivity contribution is 0.0999. The Hall–Kier alpha value is -3.30. The number of hydrogen-bond acceptors (Lipinski definition) is 7. The third-order valence-corrected chi connectivity index (χ3v) is 5.57. The van der Waals surface area contributed by atoms with E-state index in [2.05, 4.69) is 32.1 Å². The van der Waals surface area contributed by atoms with Crippen LogP contribution in [0.5, 0.6) is 0 Å². The molecule has 1 amide bonds. The van der Waals surface area contributed by atoms with Gasteiger partial charge >= 0.3 is 0 Å². The van der Waals surface area contributed by atoms with Crippen molar-refractivity contribution in [1.82, 2.24) is 24.3 Å². The van der Waals surface area contributed by atoms with Gasteiger partial charge in [-0.2, -0.15) is 4.98 Å². The number of carbonyl (C=O) groups is 1. The highest BCUT2D eigenvalue weighted by atomic mass is 16.2. The Morgan fingerprint density at radius 1 is 1.16 bits per heavy atom. The topological polar surface area (TPSA) is 109 Å². The molecule has 3 aromatic rings. The van der Waals surface area contributed by atoms with E-state index < -0.39 is 11.3 Å². The van der Waals surface area contributed by atoms with Crippen molar-refractivity contribution < 1.29 is 4.79 Å². The molecule has 1 fully saturated rings. The van der Waals surface area contributed by atoms with E-state index in [1.807, 2.05) is 30.3 Å². The molecular formula is C22H27N7O2. The zero-order valence-corrected chi connectivity index (χ0v) is 17.6. The first-order valence-corrected chi connectivity index (χ1v) is 10.5. The summed E-state index contributed by atoms with van der Waals surface area (Å²) in [6.45, 7) is 6.14. The standard InChI is InChI=1S/C22H27N7O2/c1-27-10-12-28(13-11-27)9-5-8-24-22-25-14-17-19(30)18(20(23)31)15-29(21(17)26-22)16-6-3-2-4-7-16/h2-4,6-7,14-15H,5,8-13H2,1H3,(H2,23,31)(H,24,25,26). The molecule has 162 valence electrons. The molecule has 3 N–H and O–H groups in total. The van der Waals surface area contributed by atoms with Crippen LogP contribution in [0.15, 0.2) is 47.5 Å². The molecule has 0 unspecified atom stereocenters. The zero-order chi connectivity index (χ0) is 21.8. The smallest absolute Gasteiger partial charge is 0.254 e. The van der Waals surface area contributed by atoms with Crippen molar-refractivity contribution in [3.8, 4) is 5.69 Å². The van der Waals surface area contributed by atoms with E-state index in [0.717, 1.165) is 51.4 Å². The fourth-order valence-electron chi connectivity index (χ4n) is 3.73. The molecule has 0 saturated carbocycles. The molecule has 0 radical (unpaired) electrons. The van der Waals surface area contributed by atoms with Gasteiger partial charge in [-0.15, -0.1) is 0 Å². The average molecular weight is 422 g/mol. The number of hydrogen-bond donors (Lipinski definition) is 2. The van der Waals surface area contributed by atoms with Gasteiger partial charge in [0.15, 0.2) is 5.65 Å². The Bertz CT molecular complexity index is 1120. The van der Waals surface area contributed by atoms with Crippen molar-refractivity contribution in [2.75, 3.05) is 51.6 Å². The minimum atomic E-state index is -0.775. The van der Waals surface area contributed by atoms with Crippen LogP contribution in [0.2, 0.25) is 0 Å². The number of para-hydroxylation sites is 1. The zero-order valence-electron chi connectivity index (χ0n) is 17.6. The van der Waals surface area contributed by atoms with Crippen LogP contribution in [0.4, 0.5) is 5.95 Å². The van der Waals surface area contributed by atoms with Crippen LogP contribution in [0.3, 0.4) is 0 Å². The highest BCUT2D eigenvalue weighted by Crippen LogP contribution is 2.17. The Morgan fingerprint density at radius 2 is 1.90 bits per heavy atom. The van der Waals surface area contributed by atoms with Crippen molar-refractivity contribution in [1.29, 1.82) is 0 Å². The molecule has 9 heteroatoms.